The van der Waals surface area contributed by atoms with Crippen LogP contribution in [0.3, 0.4) is 0 Å². The van der Waals surface area contributed by atoms with Crippen LogP contribution >= 0.6 is 0 Å². The van der Waals surface area contributed by atoms with Crippen LogP contribution in [0.15, 0.2) is 18.2 Å². The van der Waals surface area contributed by atoms with Crippen LogP contribution in [0, 0.1) is 10.1 Å². The maximum Gasteiger partial charge on any atom is 0.271 e. The molecule has 0 bridgehead atoms. The molecule has 2 amide bonds. The zero-order valence-corrected chi connectivity index (χ0v) is 14.7. The van der Waals surface area contributed by atoms with Crippen molar-refractivity contribution in [2.45, 2.75) is 32.4 Å². The molecular weight excluding hydrogens is 342 g/mol. The summed E-state index contributed by atoms with van der Waals surface area (Å²) in [6.07, 6.45) is 0.674. The van der Waals surface area contributed by atoms with Crippen LogP contribution < -0.4 is 9.64 Å². The number of nitro groups is 1. The molecule has 1 saturated heterocycles. The second-order valence-electron chi connectivity index (χ2n) is 6.43. The van der Waals surface area contributed by atoms with Crippen LogP contribution in [0.5, 0.6) is 5.75 Å². The molecule has 0 aromatic heterocycles. The first kappa shape index (κ1) is 18.1. The van der Waals surface area contributed by atoms with Crippen LogP contribution in [-0.4, -0.2) is 60.1 Å². The lowest BCUT2D eigenvalue weighted by atomic mass is 10.1. The Kier molecular flexibility index (Phi) is 5.08. The van der Waals surface area contributed by atoms with Gasteiger partial charge in [-0.2, -0.15) is 0 Å². The third kappa shape index (κ3) is 3.48. The molecule has 1 aromatic carbocycles. The van der Waals surface area contributed by atoms with Crippen LogP contribution in [0.25, 0.3) is 0 Å². The quantitative estimate of drug-likeness (QED) is 0.591. The number of hydrogen-bond acceptors (Lipinski definition) is 6. The van der Waals surface area contributed by atoms with Crippen molar-refractivity contribution < 1.29 is 24.0 Å². The molecule has 1 fully saturated rings. The largest absolute Gasteiger partial charge is 0.482 e. The average Bonchev–Trinajstić information content (AvgIpc) is 2.63. The van der Waals surface area contributed by atoms with Gasteiger partial charge in [0.2, 0.25) is 5.91 Å². The summed E-state index contributed by atoms with van der Waals surface area (Å²) in [6.45, 7) is 4.40. The highest BCUT2D eigenvalue weighted by atomic mass is 16.6. The monoisotopic (exact) mass is 363 g/mol. The number of rotatable bonds is 4. The molecule has 2 aliphatic rings. The molecule has 0 saturated carbocycles. The van der Waals surface area contributed by atoms with E-state index in [4.69, 9.17) is 9.47 Å². The van der Waals surface area contributed by atoms with Gasteiger partial charge in [0.1, 0.15) is 12.3 Å². The van der Waals surface area contributed by atoms with Crippen molar-refractivity contribution in [2.75, 3.05) is 31.2 Å². The van der Waals surface area contributed by atoms with Crippen molar-refractivity contribution in [3.8, 4) is 5.75 Å². The predicted octanol–water partition coefficient (Wildman–Crippen LogP) is 1.35. The third-order valence-electron chi connectivity index (χ3n) is 4.65. The van der Waals surface area contributed by atoms with Gasteiger partial charge in [-0.15, -0.1) is 0 Å². The van der Waals surface area contributed by atoms with Crippen LogP contribution in [0.2, 0.25) is 0 Å². The first-order chi connectivity index (χ1) is 12.4. The van der Waals surface area contributed by atoms with Gasteiger partial charge in [0.05, 0.1) is 29.4 Å². The summed E-state index contributed by atoms with van der Waals surface area (Å²) < 4.78 is 10.9. The highest BCUT2D eigenvalue weighted by Crippen LogP contribution is 2.35. The highest BCUT2D eigenvalue weighted by Gasteiger charge is 2.34. The fourth-order valence-corrected chi connectivity index (χ4v) is 3.19. The van der Waals surface area contributed by atoms with E-state index in [1.54, 1.807) is 4.90 Å². The van der Waals surface area contributed by atoms with Gasteiger partial charge < -0.3 is 14.4 Å². The number of carbonyl (C=O) groups excluding carboxylic acids is 2. The van der Waals surface area contributed by atoms with Gasteiger partial charge >= 0.3 is 0 Å². The first-order valence-corrected chi connectivity index (χ1v) is 8.53. The number of benzene rings is 1. The van der Waals surface area contributed by atoms with Gasteiger partial charge in [0, 0.05) is 18.7 Å². The number of nitrogens with zero attached hydrogens (tertiary/aromatic N) is 3. The second-order valence-corrected chi connectivity index (χ2v) is 6.43. The summed E-state index contributed by atoms with van der Waals surface area (Å²) in [5.74, 6) is -0.259. The van der Waals surface area contributed by atoms with E-state index >= 15 is 0 Å². The molecule has 26 heavy (non-hydrogen) atoms. The number of nitro benzene ring substituents is 1. The van der Waals surface area contributed by atoms with Crippen molar-refractivity contribution in [1.82, 2.24) is 4.90 Å². The standard InChI is InChI=1S/C17H21N3O6/c1-3-12-9-25-11(2)7-18(12)16(21)8-19-14-6-13(20(23)24)4-5-15(14)26-10-17(19)22/h4-6,11-12H,3,7-10H2,1-2H3. The Labute approximate surface area is 150 Å². The lowest BCUT2D eigenvalue weighted by Crippen LogP contribution is -2.55. The Balaban J connectivity index is 1.85. The maximum atomic E-state index is 12.9. The second kappa shape index (κ2) is 7.28. The van der Waals surface area contributed by atoms with Gasteiger partial charge in [-0.1, -0.05) is 6.92 Å². The van der Waals surface area contributed by atoms with E-state index in [1.807, 2.05) is 13.8 Å². The molecule has 2 aliphatic heterocycles. The predicted molar refractivity (Wildman–Crippen MR) is 92.2 cm³/mol. The van der Waals surface area contributed by atoms with Crippen LogP contribution in [0.4, 0.5) is 11.4 Å². The molecule has 9 nitrogen and oxygen atoms in total. The molecular formula is C17H21N3O6. The van der Waals surface area contributed by atoms with E-state index in [0.717, 1.165) is 6.42 Å². The molecule has 3 rings (SSSR count). The number of morpholine rings is 1. The number of anilines is 1. The Morgan fingerprint density at radius 1 is 1.42 bits per heavy atom. The number of amides is 2. The minimum absolute atomic E-state index is 0.0422. The van der Waals surface area contributed by atoms with Crippen molar-refractivity contribution in [3.63, 3.8) is 0 Å². The average molecular weight is 363 g/mol. The van der Waals surface area contributed by atoms with Crippen LogP contribution in [0.1, 0.15) is 20.3 Å². The fourth-order valence-electron chi connectivity index (χ4n) is 3.19. The highest BCUT2D eigenvalue weighted by molar-refractivity contribution is 6.02. The number of hydrogen-bond donors (Lipinski definition) is 0. The number of non-ortho nitro benzene ring substituents is 1. The van der Waals surface area contributed by atoms with Gasteiger partial charge in [0.25, 0.3) is 11.6 Å². The lowest BCUT2D eigenvalue weighted by molar-refractivity contribution is -0.384. The summed E-state index contributed by atoms with van der Waals surface area (Å²) >= 11 is 0. The smallest absolute Gasteiger partial charge is 0.271 e. The molecule has 2 atom stereocenters. The third-order valence-corrected chi connectivity index (χ3v) is 4.65. The van der Waals surface area contributed by atoms with E-state index < -0.39 is 10.8 Å². The van der Waals surface area contributed by atoms with Gasteiger partial charge in [-0.25, -0.2) is 0 Å². The molecule has 2 unspecified atom stereocenters. The molecule has 9 heteroatoms. The summed E-state index contributed by atoms with van der Waals surface area (Å²) in [5.41, 5.74) is 0.0871. The Hall–Kier alpha value is -2.68. The SMILES string of the molecule is CCC1COC(C)CN1C(=O)CN1C(=O)COc2ccc([N+](=O)[O-])cc21. The van der Waals surface area contributed by atoms with E-state index in [9.17, 15) is 19.7 Å². The summed E-state index contributed by atoms with van der Waals surface area (Å²) in [7, 11) is 0. The number of ether oxygens (including phenoxy) is 2. The molecule has 0 N–H and O–H groups in total. The molecule has 140 valence electrons. The molecule has 1 aromatic rings. The van der Waals surface area contributed by atoms with Crippen molar-refractivity contribution in [3.05, 3.63) is 28.3 Å². The zero-order valence-electron chi connectivity index (χ0n) is 14.7. The minimum atomic E-state index is -0.546. The molecule has 0 aliphatic carbocycles. The normalized spacial score (nSPS) is 22.6. The van der Waals surface area contributed by atoms with Crippen molar-refractivity contribution >= 4 is 23.2 Å². The Morgan fingerprint density at radius 2 is 2.19 bits per heavy atom. The summed E-state index contributed by atoms with van der Waals surface area (Å²) in [5, 5.41) is 11.0. The summed E-state index contributed by atoms with van der Waals surface area (Å²) in [4.78, 5) is 38.6. The van der Waals surface area contributed by atoms with E-state index in [0.29, 0.717) is 18.9 Å². The number of fused-ring (bicyclic) bond motifs is 1. The Morgan fingerprint density at radius 3 is 2.88 bits per heavy atom. The summed E-state index contributed by atoms with van der Waals surface area (Å²) in [6, 6.07) is 3.98. The van der Waals surface area contributed by atoms with Gasteiger partial charge in [-0.05, 0) is 19.4 Å². The first-order valence-electron chi connectivity index (χ1n) is 8.53. The minimum Gasteiger partial charge on any atom is -0.482 e. The van der Waals surface area contributed by atoms with Gasteiger partial charge in [-0.3, -0.25) is 24.6 Å². The molecule has 2 heterocycles. The topological polar surface area (TPSA) is 102 Å². The lowest BCUT2D eigenvalue weighted by Gasteiger charge is -2.39. The molecule has 0 radical (unpaired) electrons. The zero-order chi connectivity index (χ0) is 18.8. The van der Waals surface area contributed by atoms with Crippen LogP contribution in [-0.2, 0) is 14.3 Å². The van der Waals surface area contributed by atoms with Gasteiger partial charge in [0.15, 0.2) is 6.61 Å². The van der Waals surface area contributed by atoms with Crippen molar-refractivity contribution in [2.24, 2.45) is 0 Å². The molecule has 0 spiro atoms. The Bertz CT molecular complexity index is 737. The van der Waals surface area contributed by atoms with E-state index in [-0.39, 0.29) is 42.6 Å². The van der Waals surface area contributed by atoms with E-state index in [1.165, 1.54) is 23.1 Å². The van der Waals surface area contributed by atoms with E-state index in [2.05, 4.69) is 0 Å². The maximum absolute atomic E-state index is 12.9. The van der Waals surface area contributed by atoms with Crippen molar-refractivity contribution in [1.29, 1.82) is 0 Å². The number of carbonyl (C=O) groups is 2. The fraction of sp³-hybridized carbons (Fsp3) is 0.529.